The van der Waals surface area contributed by atoms with E-state index in [1.165, 1.54) is 0 Å². The van der Waals surface area contributed by atoms with E-state index in [4.69, 9.17) is 27.9 Å². The van der Waals surface area contributed by atoms with Crippen LogP contribution in [0.3, 0.4) is 0 Å². The number of ether oxygens (including phenoxy) is 1. The van der Waals surface area contributed by atoms with E-state index in [1.54, 1.807) is 30.2 Å². The van der Waals surface area contributed by atoms with Gasteiger partial charge in [0.05, 0.1) is 13.5 Å². The van der Waals surface area contributed by atoms with E-state index in [1.807, 2.05) is 45.0 Å². The highest BCUT2D eigenvalue weighted by molar-refractivity contribution is 6.36. The molecule has 0 aromatic heterocycles. The fourth-order valence-electron chi connectivity index (χ4n) is 3.18. The molecule has 0 bridgehead atoms. The molecule has 7 heteroatoms. The van der Waals surface area contributed by atoms with Crippen LogP contribution in [0.5, 0.6) is 5.75 Å². The monoisotopic (exact) mass is 450 g/mol. The Morgan fingerprint density at radius 2 is 1.67 bits per heavy atom. The summed E-state index contributed by atoms with van der Waals surface area (Å²) in [5.41, 5.74) is 1.45. The number of benzene rings is 2. The van der Waals surface area contributed by atoms with E-state index in [2.05, 4.69) is 5.32 Å². The van der Waals surface area contributed by atoms with Crippen molar-refractivity contribution in [1.82, 2.24) is 10.2 Å². The van der Waals surface area contributed by atoms with Gasteiger partial charge in [0, 0.05) is 22.6 Å². The first-order valence-electron chi connectivity index (χ1n) is 9.92. The Labute approximate surface area is 188 Å². The largest absolute Gasteiger partial charge is 0.497 e. The minimum atomic E-state index is -0.608. The van der Waals surface area contributed by atoms with Gasteiger partial charge in [-0.05, 0) is 55.7 Å². The fourth-order valence-corrected chi connectivity index (χ4v) is 3.71. The molecular weight excluding hydrogens is 423 g/mol. The summed E-state index contributed by atoms with van der Waals surface area (Å²) < 4.78 is 5.20. The second-order valence-corrected chi connectivity index (χ2v) is 8.15. The first-order valence-corrected chi connectivity index (χ1v) is 10.7. The van der Waals surface area contributed by atoms with Gasteiger partial charge in [0.25, 0.3) is 0 Å². The van der Waals surface area contributed by atoms with Crippen LogP contribution in [0.2, 0.25) is 10.0 Å². The number of hydrogen-bond acceptors (Lipinski definition) is 3. The Kier molecular flexibility index (Phi) is 9.00. The van der Waals surface area contributed by atoms with Gasteiger partial charge in [-0.15, -0.1) is 0 Å². The van der Waals surface area contributed by atoms with Crippen molar-refractivity contribution in [3.05, 3.63) is 63.6 Å². The summed E-state index contributed by atoms with van der Waals surface area (Å²) in [5, 5.41) is 3.78. The van der Waals surface area contributed by atoms with E-state index >= 15 is 0 Å². The van der Waals surface area contributed by atoms with Gasteiger partial charge in [-0.25, -0.2) is 0 Å². The maximum absolute atomic E-state index is 13.3. The summed E-state index contributed by atoms with van der Waals surface area (Å²) in [7, 11) is 1.60. The van der Waals surface area contributed by atoms with E-state index < -0.39 is 6.04 Å². The van der Waals surface area contributed by atoms with Gasteiger partial charge in [-0.3, -0.25) is 9.59 Å². The minimum Gasteiger partial charge on any atom is -0.497 e. The zero-order valence-electron chi connectivity index (χ0n) is 17.7. The fraction of sp³-hybridized carbons (Fsp3) is 0.391. The number of halogens is 2. The van der Waals surface area contributed by atoms with Crippen LogP contribution in [0.25, 0.3) is 0 Å². The van der Waals surface area contributed by atoms with Crippen molar-refractivity contribution >= 4 is 35.0 Å². The molecule has 2 aromatic rings. The van der Waals surface area contributed by atoms with Gasteiger partial charge in [0.1, 0.15) is 11.8 Å². The van der Waals surface area contributed by atoms with Gasteiger partial charge in [0.15, 0.2) is 0 Å². The highest BCUT2D eigenvalue weighted by Crippen LogP contribution is 2.26. The molecule has 0 saturated heterocycles. The van der Waals surface area contributed by atoms with Crippen molar-refractivity contribution in [2.75, 3.05) is 7.11 Å². The van der Waals surface area contributed by atoms with Gasteiger partial charge >= 0.3 is 0 Å². The molecule has 0 heterocycles. The smallest absolute Gasteiger partial charge is 0.243 e. The molecule has 162 valence electrons. The summed E-state index contributed by atoms with van der Waals surface area (Å²) in [4.78, 5) is 27.8. The SMILES string of the molecule is CC[C@H](C(=O)NC(C)C)N(Cc1ccc(OC)cc1)C(=O)Cc1c(Cl)cccc1Cl. The molecule has 30 heavy (non-hydrogen) atoms. The second-order valence-electron chi connectivity index (χ2n) is 7.33. The number of nitrogens with zero attached hydrogens (tertiary/aromatic N) is 1. The van der Waals surface area contributed by atoms with Crippen molar-refractivity contribution in [3.63, 3.8) is 0 Å². The zero-order valence-corrected chi connectivity index (χ0v) is 19.3. The van der Waals surface area contributed by atoms with Crippen LogP contribution in [0, 0.1) is 0 Å². The molecule has 0 aliphatic heterocycles. The lowest BCUT2D eigenvalue weighted by molar-refractivity contribution is -0.141. The van der Waals surface area contributed by atoms with Gasteiger partial charge in [0.2, 0.25) is 11.8 Å². The summed E-state index contributed by atoms with van der Waals surface area (Å²) in [6.45, 7) is 5.96. The number of methoxy groups -OCH3 is 1. The molecule has 2 rings (SSSR count). The molecule has 0 aliphatic rings. The van der Waals surface area contributed by atoms with Crippen molar-refractivity contribution < 1.29 is 14.3 Å². The Morgan fingerprint density at radius 3 is 2.17 bits per heavy atom. The molecule has 0 radical (unpaired) electrons. The Balaban J connectivity index is 2.34. The Bertz CT molecular complexity index is 849. The first kappa shape index (κ1) is 24.0. The highest BCUT2D eigenvalue weighted by atomic mass is 35.5. The molecule has 2 amide bonds. The highest BCUT2D eigenvalue weighted by Gasteiger charge is 2.29. The second kappa shape index (κ2) is 11.2. The molecule has 0 aliphatic carbocycles. The van der Waals surface area contributed by atoms with Crippen molar-refractivity contribution in [2.24, 2.45) is 0 Å². The van der Waals surface area contributed by atoms with E-state index in [0.29, 0.717) is 22.0 Å². The maximum Gasteiger partial charge on any atom is 0.243 e. The van der Waals surface area contributed by atoms with Crippen LogP contribution in [0.1, 0.15) is 38.3 Å². The van der Waals surface area contributed by atoms with Crippen LogP contribution in [0.15, 0.2) is 42.5 Å². The van der Waals surface area contributed by atoms with Crippen LogP contribution in [0.4, 0.5) is 0 Å². The predicted molar refractivity (Wildman–Crippen MR) is 121 cm³/mol. The molecule has 5 nitrogen and oxygen atoms in total. The number of carbonyl (C=O) groups is 2. The van der Waals surface area contributed by atoms with Crippen LogP contribution in [-0.4, -0.2) is 35.9 Å². The Hall–Kier alpha value is -2.24. The molecule has 0 fully saturated rings. The van der Waals surface area contributed by atoms with Gasteiger partial charge in [-0.1, -0.05) is 48.3 Å². The molecule has 1 N–H and O–H groups in total. The predicted octanol–water partition coefficient (Wildman–Crippen LogP) is 4.88. The Morgan fingerprint density at radius 1 is 1.07 bits per heavy atom. The standard InChI is InChI=1S/C23H28Cl2N2O3/c1-5-21(23(29)26-15(2)3)27(14-16-9-11-17(30-4)12-10-16)22(28)13-18-19(24)7-6-8-20(18)25/h6-12,15,21H,5,13-14H2,1-4H3,(H,26,29)/t21-/m1/s1. The summed E-state index contributed by atoms with van der Waals surface area (Å²) in [6.07, 6.45) is 0.497. The van der Waals surface area contributed by atoms with Crippen LogP contribution >= 0.6 is 23.2 Å². The summed E-state index contributed by atoms with van der Waals surface area (Å²) in [5.74, 6) is 0.329. The van der Waals surface area contributed by atoms with Crippen LogP contribution < -0.4 is 10.1 Å². The van der Waals surface area contributed by atoms with E-state index in [0.717, 1.165) is 11.3 Å². The summed E-state index contributed by atoms with van der Waals surface area (Å²) >= 11 is 12.5. The lowest BCUT2D eigenvalue weighted by Gasteiger charge is -2.31. The molecule has 2 aromatic carbocycles. The number of nitrogens with one attached hydrogen (secondary N) is 1. The molecule has 0 unspecified atom stereocenters. The first-order chi connectivity index (χ1) is 14.3. The number of hydrogen-bond donors (Lipinski definition) is 1. The van der Waals surface area contributed by atoms with Gasteiger partial charge < -0.3 is 15.0 Å². The number of amides is 2. The number of rotatable bonds is 9. The van der Waals surface area contributed by atoms with E-state index in [-0.39, 0.29) is 30.8 Å². The quantitative estimate of drug-likeness (QED) is 0.592. The van der Waals surface area contributed by atoms with Crippen LogP contribution in [-0.2, 0) is 22.6 Å². The molecular formula is C23H28Cl2N2O3. The topological polar surface area (TPSA) is 58.6 Å². The molecule has 0 spiro atoms. The minimum absolute atomic E-state index is 0.0140. The normalized spacial score (nSPS) is 11.8. The van der Waals surface area contributed by atoms with Crippen molar-refractivity contribution in [3.8, 4) is 5.75 Å². The zero-order chi connectivity index (χ0) is 22.3. The van der Waals surface area contributed by atoms with Crippen molar-refractivity contribution in [1.29, 1.82) is 0 Å². The van der Waals surface area contributed by atoms with Crippen molar-refractivity contribution in [2.45, 2.75) is 52.2 Å². The third-order valence-electron chi connectivity index (χ3n) is 4.72. The van der Waals surface area contributed by atoms with Gasteiger partial charge in [-0.2, -0.15) is 0 Å². The number of carbonyl (C=O) groups excluding carboxylic acids is 2. The summed E-state index contributed by atoms with van der Waals surface area (Å²) in [6, 6.07) is 11.9. The average Bonchev–Trinajstić information content (AvgIpc) is 2.70. The third kappa shape index (κ3) is 6.38. The van der Waals surface area contributed by atoms with E-state index in [9.17, 15) is 9.59 Å². The average molecular weight is 451 g/mol. The molecule has 1 atom stereocenters. The maximum atomic E-state index is 13.3. The molecule has 0 saturated carbocycles. The lowest BCUT2D eigenvalue weighted by Crippen LogP contribution is -2.50. The lowest BCUT2D eigenvalue weighted by atomic mass is 10.1. The third-order valence-corrected chi connectivity index (χ3v) is 5.43.